The van der Waals surface area contributed by atoms with Crippen LogP contribution in [0.15, 0.2) is 121 Å². The van der Waals surface area contributed by atoms with Gasteiger partial charge >= 0.3 is 23.9 Å². The van der Waals surface area contributed by atoms with E-state index in [9.17, 15) is 19.2 Å². The quantitative estimate of drug-likeness (QED) is 0.0638. The molecular formula is C44H52O8. The van der Waals surface area contributed by atoms with Crippen LogP contribution in [-0.4, -0.2) is 48.3 Å². The molecule has 0 saturated heterocycles. The number of rotatable bonds is 22. The molecule has 0 heterocycles. The lowest BCUT2D eigenvalue weighted by Crippen LogP contribution is -2.27. The molecule has 0 aliphatic carbocycles. The molecule has 0 bridgehead atoms. The number of carboxylic acid groups (broad SMARTS) is 1. The van der Waals surface area contributed by atoms with E-state index in [0.29, 0.717) is 25.7 Å². The van der Waals surface area contributed by atoms with Gasteiger partial charge in [0.25, 0.3) is 0 Å². The fourth-order valence-electron chi connectivity index (χ4n) is 5.39. The van der Waals surface area contributed by atoms with Gasteiger partial charge in [0.2, 0.25) is 0 Å². The third-order valence-electron chi connectivity index (χ3n) is 8.20. The van der Waals surface area contributed by atoms with Gasteiger partial charge in [-0.15, -0.1) is 0 Å². The molecule has 0 saturated carbocycles. The minimum Gasteiger partial charge on any atom is -0.481 e. The van der Waals surface area contributed by atoms with Gasteiger partial charge in [-0.25, -0.2) is 0 Å². The molecule has 0 aliphatic heterocycles. The number of carboxylic acids is 1. The molecule has 8 nitrogen and oxygen atoms in total. The van der Waals surface area contributed by atoms with Crippen LogP contribution in [0.5, 0.6) is 0 Å². The van der Waals surface area contributed by atoms with Crippen LogP contribution in [0.2, 0.25) is 0 Å². The topological polar surface area (TPSA) is 116 Å². The van der Waals surface area contributed by atoms with E-state index >= 15 is 0 Å². The molecule has 4 aromatic carbocycles. The molecule has 4 aromatic rings. The van der Waals surface area contributed by atoms with Gasteiger partial charge in [-0.3, -0.25) is 19.2 Å². The number of hydrogen-bond acceptors (Lipinski definition) is 7. The van der Waals surface area contributed by atoms with Crippen LogP contribution in [0.25, 0.3) is 0 Å². The predicted octanol–water partition coefficient (Wildman–Crippen LogP) is 8.54. The van der Waals surface area contributed by atoms with Crippen molar-refractivity contribution < 1.29 is 38.5 Å². The van der Waals surface area contributed by atoms with Crippen LogP contribution in [0, 0.1) is 0 Å². The maximum atomic E-state index is 12.5. The highest BCUT2D eigenvalue weighted by atomic mass is 16.6. The molecular weight excluding hydrogens is 656 g/mol. The Balaban J connectivity index is 0.000000513. The van der Waals surface area contributed by atoms with Crippen molar-refractivity contribution in [3.8, 4) is 0 Å². The summed E-state index contributed by atoms with van der Waals surface area (Å²) in [7, 11) is 0. The van der Waals surface area contributed by atoms with Gasteiger partial charge < -0.3 is 19.3 Å². The van der Waals surface area contributed by atoms with Crippen molar-refractivity contribution >= 4 is 23.9 Å². The molecule has 1 N–H and O–H groups in total. The number of ether oxygens (including phenoxy) is 3. The van der Waals surface area contributed by atoms with Crippen LogP contribution in [-0.2, 0) is 59.1 Å². The molecule has 0 unspecified atom stereocenters. The molecule has 0 spiro atoms. The molecule has 0 amide bonds. The van der Waals surface area contributed by atoms with Crippen molar-refractivity contribution in [1.29, 1.82) is 0 Å². The molecule has 0 radical (unpaired) electrons. The summed E-state index contributed by atoms with van der Waals surface area (Å²) in [6.45, 7) is 0.0395. The van der Waals surface area contributed by atoms with Crippen LogP contribution < -0.4 is 0 Å². The van der Waals surface area contributed by atoms with E-state index in [0.717, 1.165) is 37.7 Å². The van der Waals surface area contributed by atoms with Gasteiger partial charge in [-0.2, -0.15) is 0 Å². The van der Waals surface area contributed by atoms with Crippen LogP contribution in [0.1, 0.15) is 80.0 Å². The second-order valence-corrected chi connectivity index (χ2v) is 12.6. The van der Waals surface area contributed by atoms with E-state index in [1.165, 1.54) is 16.7 Å². The summed E-state index contributed by atoms with van der Waals surface area (Å²) in [6, 6.07) is 39.8. The molecule has 52 heavy (non-hydrogen) atoms. The lowest BCUT2D eigenvalue weighted by Gasteiger charge is -2.18. The highest BCUT2D eigenvalue weighted by Gasteiger charge is 2.18. The van der Waals surface area contributed by atoms with E-state index < -0.39 is 12.1 Å². The second-order valence-electron chi connectivity index (χ2n) is 12.6. The maximum absolute atomic E-state index is 12.5. The first-order valence-corrected chi connectivity index (χ1v) is 18.3. The fraction of sp³-hybridized carbons (Fsp3) is 0.364. The van der Waals surface area contributed by atoms with Crippen LogP contribution in [0.3, 0.4) is 0 Å². The minimum absolute atomic E-state index is 0.0554. The predicted molar refractivity (Wildman–Crippen MR) is 202 cm³/mol. The largest absolute Gasteiger partial charge is 0.481 e. The van der Waals surface area contributed by atoms with Crippen molar-refractivity contribution in [2.45, 2.75) is 89.6 Å². The average molecular weight is 709 g/mol. The third kappa shape index (κ3) is 19.8. The molecule has 8 heteroatoms. The number of aliphatic carboxylic acids is 1. The molecule has 0 fully saturated rings. The first kappa shape index (κ1) is 41.2. The SMILES string of the molecule is O=C(CCCc1ccccc1)OCC[C@@H](COC(=O)CCCc1ccccc1)OC(=O)CCCc1ccccc1.O=C(O)CCCc1ccccc1. The van der Waals surface area contributed by atoms with Gasteiger partial charge in [-0.1, -0.05) is 121 Å². The number of hydrogen-bond donors (Lipinski definition) is 1. The smallest absolute Gasteiger partial charge is 0.306 e. The van der Waals surface area contributed by atoms with Crippen LogP contribution >= 0.6 is 0 Å². The highest BCUT2D eigenvalue weighted by Crippen LogP contribution is 2.11. The van der Waals surface area contributed by atoms with Gasteiger partial charge in [0.15, 0.2) is 0 Å². The Kier molecular flexibility index (Phi) is 20.3. The minimum atomic E-state index is -0.717. The van der Waals surface area contributed by atoms with Crippen molar-refractivity contribution in [3.63, 3.8) is 0 Å². The average Bonchev–Trinajstić information content (AvgIpc) is 3.16. The lowest BCUT2D eigenvalue weighted by molar-refractivity contribution is -0.161. The van der Waals surface area contributed by atoms with E-state index in [1.807, 2.05) is 121 Å². The molecule has 276 valence electrons. The molecule has 1 atom stereocenters. The van der Waals surface area contributed by atoms with Gasteiger partial charge in [-0.05, 0) is 73.6 Å². The summed E-state index contributed by atoms with van der Waals surface area (Å²) in [5.41, 5.74) is 4.72. The Hall–Kier alpha value is -5.24. The second kappa shape index (κ2) is 25.7. The lowest BCUT2D eigenvalue weighted by atomic mass is 10.1. The summed E-state index contributed by atoms with van der Waals surface area (Å²) >= 11 is 0. The summed E-state index contributed by atoms with van der Waals surface area (Å²) in [4.78, 5) is 47.2. The van der Waals surface area contributed by atoms with Gasteiger partial charge in [0.05, 0.1) is 6.61 Å². The third-order valence-corrected chi connectivity index (χ3v) is 8.20. The van der Waals surface area contributed by atoms with E-state index in [-0.39, 0.29) is 56.8 Å². The van der Waals surface area contributed by atoms with Crippen molar-refractivity contribution in [1.82, 2.24) is 0 Å². The normalized spacial score (nSPS) is 11.0. The molecule has 0 aromatic heterocycles. The Morgan fingerprint density at radius 1 is 0.462 bits per heavy atom. The van der Waals surface area contributed by atoms with Crippen molar-refractivity contribution in [3.05, 3.63) is 144 Å². The number of carbonyl (C=O) groups excluding carboxylic acids is 3. The van der Waals surface area contributed by atoms with E-state index in [2.05, 4.69) is 0 Å². The molecule has 4 rings (SSSR count). The summed E-state index contributed by atoms with van der Waals surface area (Å²) < 4.78 is 16.4. The first-order chi connectivity index (χ1) is 25.4. The van der Waals surface area contributed by atoms with E-state index in [1.54, 1.807) is 0 Å². The van der Waals surface area contributed by atoms with Crippen LogP contribution in [0.4, 0.5) is 0 Å². The number of esters is 3. The fourth-order valence-corrected chi connectivity index (χ4v) is 5.39. The Morgan fingerprint density at radius 3 is 1.19 bits per heavy atom. The Morgan fingerprint density at radius 2 is 0.808 bits per heavy atom. The summed E-state index contributed by atoms with van der Waals surface area (Å²) in [6.07, 6.45) is 6.69. The molecule has 0 aliphatic rings. The number of benzene rings is 4. The Bertz CT molecular complexity index is 1560. The summed E-state index contributed by atoms with van der Waals surface area (Å²) in [5.74, 6) is -1.69. The standard InChI is InChI=1S/C34H40O6.C10H12O2/c35-32(22-10-19-28-13-4-1-5-14-28)38-26-25-31(40-34(37)24-12-21-30-17-8-3-9-18-30)27-39-33(36)23-11-20-29-15-6-2-7-16-29;11-10(12)8-4-7-9-5-2-1-3-6-9/h1-9,13-18,31H,10-12,19-27H2;1-3,5-6H,4,7-8H2,(H,11,12)/t31-;/m0./s1. The van der Waals surface area contributed by atoms with E-state index in [4.69, 9.17) is 19.3 Å². The van der Waals surface area contributed by atoms with Gasteiger partial charge in [0.1, 0.15) is 12.7 Å². The zero-order valence-electron chi connectivity index (χ0n) is 30.0. The first-order valence-electron chi connectivity index (χ1n) is 18.3. The zero-order valence-corrected chi connectivity index (χ0v) is 30.0. The highest BCUT2D eigenvalue weighted by molar-refractivity contribution is 5.71. The van der Waals surface area contributed by atoms with Gasteiger partial charge in [0, 0.05) is 32.1 Å². The van der Waals surface area contributed by atoms with Crippen molar-refractivity contribution in [2.24, 2.45) is 0 Å². The monoisotopic (exact) mass is 708 g/mol. The summed E-state index contributed by atoms with van der Waals surface area (Å²) in [5, 5.41) is 8.39. The number of carbonyl (C=O) groups is 4. The zero-order chi connectivity index (χ0) is 37.1. The Labute approximate surface area is 308 Å². The maximum Gasteiger partial charge on any atom is 0.306 e. The number of aryl methyl sites for hydroxylation is 4. The van der Waals surface area contributed by atoms with Crippen molar-refractivity contribution in [2.75, 3.05) is 13.2 Å².